The van der Waals surface area contributed by atoms with Crippen LogP contribution in [0.3, 0.4) is 0 Å². The molecule has 0 saturated heterocycles. The van der Waals surface area contributed by atoms with E-state index in [0.717, 1.165) is 11.3 Å². The Balaban J connectivity index is 1.52. The number of nitrogens with one attached hydrogen (secondary N) is 2. The number of methoxy groups -OCH3 is 1. The first-order valence-electron chi connectivity index (χ1n) is 9.06. The molecule has 5 rings (SSSR count). The number of amides is 1. The van der Waals surface area contributed by atoms with Gasteiger partial charge in [0.05, 0.1) is 18.4 Å². The maximum absolute atomic E-state index is 12.6. The van der Waals surface area contributed by atoms with Crippen LogP contribution in [-0.4, -0.2) is 45.2 Å². The zero-order valence-electron chi connectivity index (χ0n) is 16.3. The summed E-state index contributed by atoms with van der Waals surface area (Å²) in [4.78, 5) is 29.1. The van der Waals surface area contributed by atoms with Gasteiger partial charge in [0.2, 0.25) is 16.0 Å². The molecule has 2 aromatic heterocycles. The van der Waals surface area contributed by atoms with E-state index in [1.54, 1.807) is 13.0 Å². The van der Waals surface area contributed by atoms with Crippen molar-refractivity contribution in [2.45, 2.75) is 37.3 Å². The highest BCUT2D eigenvalue weighted by Gasteiger charge is 2.67. The maximum atomic E-state index is 12.6. The zero-order valence-corrected chi connectivity index (χ0v) is 17.1. The van der Waals surface area contributed by atoms with Crippen LogP contribution >= 0.6 is 11.3 Å². The summed E-state index contributed by atoms with van der Waals surface area (Å²) < 4.78 is 10.2. The number of nitrogens with two attached hydrogens (primary N) is 1. The minimum atomic E-state index is -0.787. The molecule has 3 saturated carbocycles. The molecule has 2 aromatic rings. The number of hydrogen-bond donors (Lipinski definition) is 4. The number of rotatable bonds is 7. The van der Waals surface area contributed by atoms with E-state index >= 15 is 0 Å². The van der Waals surface area contributed by atoms with Crippen LogP contribution in [0.25, 0.3) is 0 Å². The average Bonchev–Trinajstić information content (AvgIpc) is 3.06. The molecule has 3 aliphatic carbocycles. The topological polar surface area (TPSA) is 165 Å². The first-order chi connectivity index (χ1) is 14.2. The number of carbonyl (C=O) groups excluding carboxylic acids is 1. The summed E-state index contributed by atoms with van der Waals surface area (Å²) in [5.41, 5.74) is 4.59. The Morgan fingerprint density at radius 1 is 1.43 bits per heavy atom. The molecule has 0 aromatic carbocycles. The van der Waals surface area contributed by atoms with Gasteiger partial charge in [0.25, 0.3) is 5.91 Å². The van der Waals surface area contributed by atoms with Crippen molar-refractivity contribution in [3.63, 3.8) is 0 Å². The molecule has 0 radical (unpaired) electrons. The van der Waals surface area contributed by atoms with Gasteiger partial charge in [-0.05, 0) is 38.5 Å². The number of nitrogens with zero attached hydrogens (tertiary/aromatic N) is 3. The van der Waals surface area contributed by atoms with Crippen molar-refractivity contribution in [1.82, 2.24) is 10.2 Å². The number of ether oxygens (including phenoxy) is 1. The molecule has 0 aliphatic heterocycles. The van der Waals surface area contributed by atoms with Gasteiger partial charge >= 0.3 is 5.63 Å². The molecule has 1 amide bonds. The van der Waals surface area contributed by atoms with Crippen molar-refractivity contribution in [1.29, 1.82) is 0 Å². The number of aliphatic imine (C=N–C) groups is 1. The molecule has 0 unspecified atom stereocenters. The Hall–Kier alpha value is -3.25. The molecule has 0 spiro atoms. The monoisotopic (exact) mass is 432 g/mol. The van der Waals surface area contributed by atoms with E-state index in [1.165, 1.54) is 19.4 Å². The van der Waals surface area contributed by atoms with Crippen molar-refractivity contribution < 1.29 is 19.1 Å². The van der Waals surface area contributed by atoms with E-state index in [4.69, 9.17) is 14.9 Å². The number of aliphatic hydroxyl groups is 1. The molecule has 30 heavy (non-hydrogen) atoms. The number of aromatic nitrogens is 2. The van der Waals surface area contributed by atoms with E-state index in [-0.39, 0.29) is 22.2 Å². The minimum Gasteiger partial charge on any atom is -0.488 e. The summed E-state index contributed by atoms with van der Waals surface area (Å²) in [6, 6.07) is 1.40. The van der Waals surface area contributed by atoms with Gasteiger partial charge in [-0.3, -0.25) is 10.1 Å². The molecule has 3 aliphatic rings. The van der Waals surface area contributed by atoms with Gasteiger partial charge < -0.3 is 25.3 Å². The largest absolute Gasteiger partial charge is 0.488 e. The molecule has 2 heterocycles. The Morgan fingerprint density at radius 2 is 2.17 bits per heavy atom. The summed E-state index contributed by atoms with van der Waals surface area (Å²) in [7, 11) is 1.35. The SMILES string of the molecule is COc1c(NC23CC(O)(C2)C3)cc(C(=O)Nc2nnc(N=C(C)C=CN)s2)oc1=O. The fourth-order valence-corrected chi connectivity index (χ4v) is 4.50. The Morgan fingerprint density at radius 3 is 2.80 bits per heavy atom. The highest BCUT2D eigenvalue weighted by Crippen LogP contribution is 2.62. The number of hydrogen-bond acceptors (Lipinski definition) is 11. The van der Waals surface area contributed by atoms with E-state index in [0.29, 0.717) is 35.8 Å². The lowest BCUT2D eigenvalue weighted by molar-refractivity contribution is -0.195. The minimum absolute atomic E-state index is 0.0285. The van der Waals surface area contributed by atoms with E-state index < -0.39 is 17.1 Å². The van der Waals surface area contributed by atoms with Crippen molar-refractivity contribution in [3.05, 3.63) is 34.5 Å². The lowest BCUT2D eigenvalue weighted by Gasteiger charge is -2.67. The van der Waals surface area contributed by atoms with Crippen LogP contribution < -0.4 is 26.7 Å². The van der Waals surface area contributed by atoms with Gasteiger partial charge in [-0.25, -0.2) is 9.79 Å². The van der Waals surface area contributed by atoms with Crippen LogP contribution in [0.2, 0.25) is 0 Å². The second-order valence-electron chi connectivity index (χ2n) is 7.46. The van der Waals surface area contributed by atoms with Crippen LogP contribution in [0.5, 0.6) is 5.75 Å². The van der Waals surface area contributed by atoms with Crippen LogP contribution in [0.4, 0.5) is 16.0 Å². The quantitative estimate of drug-likeness (QED) is 0.473. The van der Waals surface area contributed by atoms with E-state index in [9.17, 15) is 14.7 Å². The molecule has 3 fully saturated rings. The molecular formula is C18H20N6O5S. The maximum Gasteiger partial charge on any atom is 0.381 e. The second kappa shape index (κ2) is 7.22. The highest BCUT2D eigenvalue weighted by atomic mass is 32.1. The van der Waals surface area contributed by atoms with Crippen LogP contribution in [0, 0.1) is 0 Å². The molecule has 12 heteroatoms. The molecule has 11 nitrogen and oxygen atoms in total. The van der Waals surface area contributed by atoms with Crippen molar-refractivity contribution in [2.75, 3.05) is 17.7 Å². The third-order valence-corrected chi connectivity index (χ3v) is 5.71. The Kier molecular flexibility index (Phi) is 4.82. The molecule has 0 atom stereocenters. The smallest absolute Gasteiger partial charge is 0.381 e. The summed E-state index contributed by atoms with van der Waals surface area (Å²) >= 11 is 1.05. The van der Waals surface area contributed by atoms with E-state index in [2.05, 4.69) is 25.8 Å². The first-order valence-corrected chi connectivity index (χ1v) is 9.88. The molecule has 5 N–H and O–H groups in total. The van der Waals surface area contributed by atoms with Gasteiger partial charge in [-0.15, -0.1) is 10.2 Å². The summed E-state index contributed by atoms with van der Waals surface area (Å²) in [6.45, 7) is 1.74. The lowest BCUT2D eigenvalue weighted by Crippen LogP contribution is -2.75. The molecular weight excluding hydrogens is 412 g/mol. The zero-order chi connectivity index (χ0) is 21.5. The predicted molar refractivity (Wildman–Crippen MR) is 111 cm³/mol. The van der Waals surface area contributed by atoms with Crippen molar-refractivity contribution in [3.8, 4) is 5.75 Å². The second-order valence-corrected chi connectivity index (χ2v) is 8.42. The van der Waals surface area contributed by atoms with Gasteiger partial charge in [0, 0.05) is 17.3 Å². The lowest BCUT2D eigenvalue weighted by atomic mass is 9.46. The number of allylic oxidation sites excluding steroid dienone is 1. The third-order valence-electron chi connectivity index (χ3n) is 4.98. The van der Waals surface area contributed by atoms with E-state index in [1.807, 2.05) is 0 Å². The van der Waals surface area contributed by atoms with Gasteiger partial charge in [0.1, 0.15) is 0 Å². The number of anilines is 2. The van der Waals surface area contributed by atoms with Gasteiger partial charge in [0.15, 0.2) is 5.76 Å². The van der Waals surface area contributed by atoms with Crippen molar-refractivity contribution >= 4 is 38.9 Å². The number of carbonyl (C=O) groups is 1. The highest BCUT2D eigenvalue weighted by molar-refractivity contribution is 7.18. The van der Waals surface area contributed by atoms with Gasteiger partial charge in [-0.1, -0.05) is 11.3 Å². The normalized spacial score (nSPS) is 24.8. The Labute approximate surface area is 174 Å². The molecule has 2 bridgehead atoms. The summed E-state index contributed by atoms with van der Waals surface area (Å²) in [5, 5.41) is 24.0. The van der Waals surface area contributed by atoms with Crippen LogP contribution in [0.1, 0.15) is 36.7 Å². The fourth-order valence-electron chi connectivity index (χ4n) is 3.83. The van der Waals surface area contributed by atoms with Gasteiger partial charge in [-0.2, -0.15) is 0 Å². The average molecular weight is 432 g/mol. The van der Waals surface area contributed by atoms with Crippen LogP contribution in [0.15, 0.2) is 32.5 Å². The summed E-state index contributed by atoms with van der Waals surface area (Å²) in [6.07, 6.45) is 4.70. The predicted octanol–water partition coefficient (Wildman–Crippen LogP) is 1.40. The first kappa shape index (κ1) is 20.0. The standard InChI is InChI=1S/C18H20N6O5S/c1-9(3-4-19)20-15-23-24-16(30-15)21-13(25)11-5-10(12(28-2)14(26)29-11)22-17-6-18(27,7-17)8-17/h3-5,22,27H,6-8,19H2,1-2H3,(H,21,24,25). The third kappa shape index (κ3) is 3.66. The Bertz CT molecular complexity index is 1100. The fraction of sp³-hybridized carbons (Fsp3) is 0.389. The molecule has 158 valence electrons. The van der Waals surface area contributed by atoms with Crippen molar-refractivity contribution in [2.24, 2.45) is 10.7 Å². The van der Waals surface area contributed by atoms with Crippen LogP contribution in [-0.2, 0) is 0 Å². The summed E-state index contributed by atoms with van der Waals surface area (Å²) in [5.74, 6) is -0.908.